The summed E-state index contributed by atoms with van der Waals surface area (Å²) in [5.74, 6) is -0.935. The van der Waals surface area contributed by atoms with Crippen LogP contribution in [-0.2, 0) is 26.1 Å². The molecule has 0 atom stereocenters. The number of sulfonamides is 1. The normalized spacial score (nSPS) is 15.5. The van der Waals surface area contributed by atoms with Gasteiger partial charge in [-0.05, 0) is 42.7 Å². The highest BCUT2D eigenvalue weighted by atomic mass is 32.2. The van der Waals surface area contributed by atoms with Gasteiger partial charge >= 0.3 is 5.97 Å². The summed E-state index contributed by atoms with van der Waals surface area (Å²) in [5.41, 5.74) is 0.996. The van der Waals surface area contributed by atoms with Crippen molar-refractivity contribution < 1.29 is 22.7 Å². The molecule has 0 unspecified atom stereocenters. The van der Waals surface area contributed by atoms with Crippen LogP contribution >= 0.6 is 0 Å². The first-order valence-corrected chi connectivity index (χ1v) is 11.1. The molecule has 0 radical (unpaired) electrons. The van der Waals surface area contributed by atoms with Crippen molar-refractivity contribution in [1.82, 2.24) is 14.2 Å². The Hall–Kier alpha value is -2.78. The smallest absolute Gasteiger partial charge is 0.339 e. The van der Waals surface area contributed by atoms with Crippen molar-refractivity contribution in [1.29, 1.82) is 0 Å². The van der Waals surface area contributed by atoms with E-state index in [2.05, 4.69) is 4.98 Å². The number of hydrogen-bond donors (Lipinski definition) is 0. The largest absolute Gasteiger partial charge is 0.465 e. The Labute approximate surface area is 176 Å². The molecule has 2 aromatic rings. The zero-order valence-corrected chi connectivity index (χ0v) is 17.8. The molecule has 0 spiro atoms. The third kappa shape index (κ3) is 4.68. The number of amides is 1. The van der Waals surface area contributed by atoms with E-state index in [-0.39, 0.29) is 35.4 Å². The standard InChI is InChI=1S/C21H25N3O5S/c1-23(15-16-7-11-22-12-8-16)20(25)17-9-13-24(14-10-17)30(27,28)19-6-4-3-5-18(19)21(26)29-2/h3-8,11-12,17H,9-10,13-15H2,1-2H3. The molecule has 1 saturated heterocycles. The minimum Gasteiger partial charge on any atom is -0.465 e. The summed E-state index contributed by atoms with van der Waals surface area (Å²) in [6.07, 6.45) is 4.23. The number of benzene rings is 1. The molecule has 0 saturated carbocycles. The van der Waals surface area contributed by atoms with E-state index in [1.54, 1.807) is 36.5 Å². The van der Waals surface area contributed by atoms with Crippen LogP contribution in [0, 0.1) is 5.92 Å². The lowest BCUT2D eigenvalue weighted by molar-refractivity contribution is -0.135. The van der Waals surface area contributed by atoms with Gasteiger partial charge in [-0.15, -0.1) is 0 Å². The number of carbonyl (C=O) groups is 2. The average Bonchev–Trinajstić information content (AvgIpc) is 2.78. The number of aromatic nitrogens is 1. The summed E-state index contributed by atoms with van der Waals surface area (Å²) in [7, 11) is -0.903. The first-order chi connectivity index (χ1) is 14.3. The first-order valence-electron chi connectivity index (χ1n) is 9.66. The topological polar surface area (TPSA) is 96.9 Å². The monoisotopic (exact) mass is 431 g/mol. The highest BCUT2D eigenvalue weighted by Crippen LogP contribution is 2.27. The third-order valence-electron chi connectivity index (χ3n) is 5.26. The van der Waals surface area contributed by atoms with E-state index in [1.165, 1.54) is 23.5 Å². The Kier molecular flexibility index (Phi) is 6.84. The number of piperidine rings is 1. The predicted molar refractivity (Wildman–Crippen MR) is 110 cm³/mol. The maximum absolute atomic E-state index is 13.1. The molecular weight excluding hydrogens is 406 g/mol. The van der Waals surface area contributed by atoms with Crippen LogP contribution in [0.25, 0.3) is 0 Å². The van der Waals surface area contributed by atoms with Gasteiger partial charge in [0.15, 0.2) is 0 Å². The molecule has 0 aliphatic carbocycles. The van der Waals surface area contributed by atoms with Gasteiger partial charge in [-0.3, -0.25) is 9.78 Å². The molecule has 2 heterocycles. The second-order valence-electron chi connectivity index (χ2n) is 7.22. The fourth-order valence-electron chi connectivity index (χ4n) is 3.60. The molecule has 1 aliphatic heterocycles. The molecular formula is C21H25N3O5S. The van der Waals surface area contributed by atoms with Crippen LogP contribution in [0.15, 0.2) is 53.7 Å². The maximum Gasteiger partial charge on any atom is 0.339 e. The SMILES string of the molecule is COC(=O)c1ccccc1S(=O)(=O)N1CCC(C(=O)N(C)Cc2ccncc2)CC1. The number of rotatable bonds is 6. The number of ether oxygens (including phenoxy) is 1. The predicted octanol–water partition coefficient (Wildman–Crippen LogP) is 1.93. The number of carbonyl (C=O) groups excluding carboxylic acids is 2. The second-order valence-corrected chi connectivity index (χ2v) is 9.12. The van der Waals surface area contributed by atoms with Gasteiger partial charge in [-0.25, -0.2) is 13.2 Å². The maximum atomic E-state index is 13.1. The van der Waals surface area contributed by atoms with E-state index < -0.39 is 16.0 Å². The van der Waals surface area contributed by atoms with Crippen LogP contribution in [-0.4, -0.2) is 61.7 Å². The van der Waals surface area contributed by atoms with Gasteiger partial charge in [0.1, 0.15) is 0 Å². The van der Waals surface area contributed by atoms with Crippen molar-refractivity contribution in [3.05, 3.63) is 59.9 Å². The Morgan fingerprint density at radius 2 is 1.77 bits per heavy atom. The van der Waals surface area contributed by atoms with Crippen molar-refractivity contribution in [2.75, 3.05) is 27.2 Å². The highest BCUT2D eigenvalue weighted by molar-refractivity contribution is 7.89. The first kappa shape index (κ1) is 21.9. The van der Waals surface area contributed by atoms with Crippen LogP contribution in [0.5, 0.6) is 0 Å². The quantitative estimate of drug-likeness (QED) is 0.649. The fraction of sp³-hybridized carbons (Fsp3) is 0.381. The van der Waals surface area contributed by atoms with Crippen LogP contribution in [0.4, 0.5) is 0 Å². The number of hydrogen-bond acceptors (Lipinski definition) is 6. The average molecular weight is 432 g/mol. The summed E-state index contributed by atoms with van der Waals surface area (Å²) in [4.78, 5) is 30.3. The Bertz CT molecular complexity index is 1000. The second kappa shape index (κ2) is 9.36. The van der Waals surface area contributed by atoms with Crippen molar-refractivity contribution >= 4 is 21.9 Å². The van der Waals surface area contributed by atoms with Crippen molar-refractivity contribution in [2.24, 2.45) is 5.92 Å². The summed E-state index contributed by atoms with van der Waals surface area (Å²) >= 11 is 0. The van der Waals surface area contributed by atoms with Crippen molar-refractivity contribution in [3.8, 4) is 0 Å². The molecule has 30 heavy (non-hydrogen) atoms. The fourth-order valence-corrected chi connectivity index (χ4v) is 5.25. The number of methoxy groups -OCH3 is 1. The molecule has 1 amide bonds. The van der Waals surface area contributed by atoms with Gasteiger partial charge in [0.25, 0.3) is 0 Å². The Balaban J connectivity index is 1.66. The van der Waals surface area contributed by atoms with E-state index in [1.807, 2.05) is 12.1 Å². The molecule has 9 heteroatoms. The van der Waals surface area contributed by atoms with Gasteiger partial charge in [-0.2, -0.15) is 4.31 Å². The molecule has 160 valence electrons. The third-order valence-corrected chi connectivity index (χ3v) is 7.22. The van der Waals surface area contributed by atoms with Crippen LogP contribution in [0.3, 0.4) is 0 Å². The number of nitrogens with zero attached hydrogens (tertiary/aromatic N) is 3. The molecule has 0 N–H and O–H groups in total. The van der Waals surface area contributed by atoms with Gasteiger partial charge in [0.05, 0.1) is 17.6 Å². The van der Waals surface area contributed by atoms with Gasteiger partial charge < -0.3 is 9.64 Å². The molecule has 3 rings (SSSR count). The molecule has 1 fully saturated rings. The zero-order chi connectivity index (χ0) is 21.7. The Morgan fingerprint density at radius 3 is 2.40 bits per heavy atom. The van der Waals surface area contributed by atoms with E-state index in [0.29, 0.717) is 19.4 Å². The molecule has 1 aliphatic rings. The van der Waals surface area contributed by atoms with Gasteiger partial charge in [-0.1, -0.05) is 12.1 Å². The van der Waals surface area contributed by atoms with Gasteiger partial charge in [0, 0.05) is 45.0 Å². The zero-order valence-electron chi connectivity index (χ0n) is 17.0. The van der Waals surface area contributed by atoms with Crippen LogP contribution in [0.1, 0.15) is 28.8 Å². The molecule has 1 aromatic heterocycles. The van der Waals surface area contributed by atoms with Crippen molar-refractivity contribution in [2.45, 2.75) is 24.3 Å². The lowest BCUT2D eigenvalue weighted by Gasteiger charge is -2.32. The minimum atomic E-state index is -3.87. The number of esters is 1. The van der Waals surface area contributed by atoms with Crippen LogP contribution < -0.4 is 0 Å². The summed E-state index contributed by atoms with van der Waals surface area (Å²) in [6, 6.07) is 9.72. The molecule has 0 bridgehead atoms. The van der Waals surface area contributed by atoms with E-state index in [4.69, 9.17) is 4.74 Å². The van der Waals surface area contributed by atoms with Crippen LogP contribution in [0.2, 0.25) is 0 Å². The van der Waals surface area contributed by atoms with E-state index >= 15 is 0 Å². The lowest BCUT2D eigenvalue weighted by atomic mass is 9.96. The minimum absolute atomic E-state index is 0.00109. The van der Waals surface area contributed by atoms with Crippen molar-refractivity contribution in [3.63, 3.8) is 0 Å². The highest BCUT2D eigenvalue weighted by Gasteiger charge is 2.35. The van der Waals surface area contributed by atoms with Gasteiger partial charge in [0.2, 0.25) is 15.9 Å². The summed E-state index contributed by atoms with van der Waals surface area (Å²) in [5, 5.41) is 0. The summed E-state index contributed by atoms with van der Waals surface area (Å²) in [6.45, 7) is 0.918. The Morgan fingerprint density at radius 1 is 1.13 bits per heavy atom. The van der Waals surface area contributed by atoms with E-state index in [9.17, 15) is 18.0 Å². The summed E-state index contributed by atoms with van der Waals surface area (Å²) < 4.78 is 32.2. The molecule has 1 aromatic carbocycles. The van der Waals surface area contributed by atoms with E-state index in [0.717, 1.165) is 5.56 Å². The number of pyridine rings is 1. The molecule has 8 nitrogen and oxygen atoms in total. The lowest BCUT2D eigenvalue weighted by Crippen LogP contribution is -2.43.